The number of carbonyl (C=O) groups excluding carboxylic acids is 2. The minimum Gasteiger partial charge on any atom is -0.465 e. The number of aliphatic imine (C=N–C) groups is 1. The number of benzene rings is 1. The Balaban J connectivity index is 2.04. The number of nitrogens with one attached hydrogen (secondary N) is 2. The van der Waals surface area contributed by atoms with Crippen molar-refractivity contribution in [2.75, 3.05) is 13.2 Å². The molecule has 1 heterocycles. The summed E-state index contributed by atoms with van der Waals surface area (Å²) in [4.78, 5) is 26.9. The molecule has 1 aliphatic heterocycles. The molecule has 0 saturated carbocycles. The van der Waals surface area contributed by atoms with Crippen molar-refractivity contribution in [2.45, 2.75) is 6.92 Å². The summed E-state index contributed by atoms with van der Waals surface area (Å²) in [6.45, 7) is 1.86. The van der Waals surface area contributed by atoms with Gasteiger partial charge in [0.2, 0.25) is 5.96 Å². The van der Waals surface area contributed by atoms with Gasteiger partial charge in [-0.3, -0.25) is 14.9 Å². The molecule has 1 fully saturated rings. The molecular formula is C14H14ClN3O3. The highest BCUT2D eigenvalue weighted by Crippen LogP contribution is 2.13. The molecular weight excluding hydrogens is 294 g/mol. The molecule has 0 unspecified atom stereocenters. The van der Waals surface area contributed by atoms with E-state index in [2.05, 4.69) is 15.6 Å². The van der Waals surface area contributed by atoms with Crippen LogP contribution in [0.2, 0.25) is 5.02 Å². The number of halogens is 1. The Hall–Kier alpha value is -2.34. The molecule has 6 nitrogen and oxygen atoms in total. The molecule has 110 valence electrons. The average molecular weight is 308 g/mol. The van der Waals surface area contributed by atoms with Gasteiger partial charge in [-0.1, -0.05) is 23.7 Å². The van der Waals surface area contributed by atoms with Gasteiger partial charge in [0.15, 0.2) is 0 Å². The minimum absolute atomic E-state index is 0.148. The maximum Gasteiger partial charge on any atom is 0.327 e. The van der Waals surface area contributed by atoms with E-state index in [1.54, 1.807) is 37.3 Å². The van der Waals surface area contributed by atoms with Crippen LogP contribution < -0.4 is 10.6 Å². The van der Waals surface area contributed by atoms with E-state index in [1.807, 2.05) is 0 Å². The predicted molar refractivity (Wildman–Crippen MR) is 79.6 cm³/mol. The summed E-state index contributed by atoms with van der Waals surface area (Å²) in [7, 11) is 0. The van der Waals surface area contributed by atoms with Gasteiger partial charge in [-0.2, -0.15) is 0 Å². The van der Waals surface area contributed by atoms with Crippen LogP contribution in [0.15, 0.2) is 35.0 Å². The highest BCUT2D eigenvalue weighted by atomic mass is 35.5. The molecule has 2 N–H and O–H groups in total. The highest BCUT2D eigenvalue weighted by molar-refractivity contribution is 6.30. The van der Waals surface area contributed by atoms with Crippen LogP contribution in [0.4, 0.5) is 0 Å². The van der Waals surface area contributed by atoms with Crippen LogP contribution in [-0.2, 0) is 14.3 Å². The number of esters is 1. The van der Waals surface area contributed by atoms with Crippen molar-refractivity contribution in [1.82, 2.24) is 10.6 Å². The lowest BCUT2D eigenvalue weighted by Crippen LogP contribution is -2.26. The summed E-state index contributed by atoms with van der Waals surface area (Å²) in [5.41, 5.74) is 1.17. The van der Waals surface area contributed by atoms with Gasteiger partial charge in [0.25, 0.3) is 5.91 Å². The van der Waals surface area contributed by atoms with Crippen LogP contribution in [0, 0.1) is 0 Å². The molecule has 0 radical (unpaired) electrons. The smallest absolute Gasteiger partial charge is 0.327 e. The molecule has 1 aromatic rings. The first-order valence-electron chi connectivity index (χ1n) is 6.34. The first-order chi connectivity index (χ1) is 10.1. The Morgan fingerprint density at radius 1 is 1.33 bits per heavy atom. The molecule has 0 bridgehead atoms. The quantitative estimate of drug-likeness (QED) is 0.649. The fourth-order valence-electron chi connectivity index (χ4n) is 1.65. The van der Waals surface area contributed by atoms with Gasteiger partial charge in [-0.05, 0) is 30.7 Å². The second-order valence-corrected chi connectivity index (χ2v) is 4.59. The van der Waals surface area contributed by atoms with E-state index in [-0.39, 0.29) is 18.4 Å². The number of rotatable bonds is 4. The van der Waals surface area contributed by atoms with Crippen LogP contribution in [-0.4, -0.2) is 31.0 Å². The van der Waals surface area contributed by atoms with Gasteiger partial charge in [0.05, 0.1) is 6.61 Å². The topological polar surface area (TPSA) is 79.8 Å². The normalized spacial score (nSPS) is 17.7. The molecule has 1 amide bonds. The van der Waals surface area contributed by atoms with Crippen molar-refractivity contribution in [3.63, 3.8) is 0 Å². The minimum atomic E-state index is -0.448. The first-order valence-corrected chi connectivity index (χ1v) is 6.72. The van der Waals surface area contributed by atoms with Crippen LogP contribution in [0.5, 0.6) is 0 Å². The van der Waals surface area contributed by atoms with Crippen molar-refractivity contribution in [3.05, 3.63) is 40.5 Å². The standard InChI is InChI=1S/C14H14ClN3O3/c1-2-21-12(19)8-16-14-17-11(13(20)18-14)7-9-3-5-10(15)6-4-9/h3-7H,2,8H2,1H3,(H2,16,17,18,20). The van der Waals surface area contributed by atoms with Crippen molar-refractivity contribution in [1.29, 1.82) is 0 Å². The van der Waals surface area contributed by atoms with E-state index in [0.29, 0.717) is 17.3 Å². The number of guanidine groups is 1. The van der Waals surface area contributed by atoms with Crippen LogP contribution >= 0.6 is 11.6 Å². The predicted octanol–water partition coefficient (Wildman–Crippen LogP) is 1.32. The third kappa shape index (κ3) is 4.32. The van der Waals surface area contributed by atoms with Crippen molar-refractivity contribution < 1.29 is 14.3 Å². The second kappa shape index (κ2) is 6.90. The molecule has 2 rings (SSSR count). The number of nitrogens with zero attached hydrogens (tertiary/aromatic N) is 1. The van der Waals surface area contributed by atoms with Gasteiger partial charge in [0.1, 0.15) is 12.2 Å². The van der Waals surface area contributed by atoms with E-state index in [1.165, 1.54) is 0 Å². The molecule has 1 saturated heterocycles. The zero-order chi connectivity index (χ0) is 15.2. The SMILES string of the molecule is CCOC(=O)CN=C1NC(=O)C(=Cc2ccc(Cl)cc2)N1. The number of ether oxygens (including phenoxy) is 1. The van der Waals surface area contributed by atoms with E-state index in [4.69, 9.17) is 16.3 Å². The average Bonchev–Trinajstić information content (AvgIpc) is 2.80. The van der Waals surface area contributed by atoms with Gasteiger partial charge < -0.3 is 10.1 Å². The third-order valence-electron chi connectivity index (χ3n) is 2.58. The Bertz CT molecular complexity index is 608. The van der Waals surface area contributed by atoms with Gasteiger partial charge in [0, 0.05) is 5.02 Å². The van der Waals surface area contributed by atoms with Crippen LogP contribution in [0.25, 0.3) is 6.08 Å². The summed E-state index contributed by atoms with van der Waals surface area (Å²) in [6.07, 6.45) is 1.67. The molecule has 0 aromatic heterocycles. The lowest BCUT2D eigenvalue weighted by atomic mass is 10.2. The van der Waals surface area contributed by atoms with Gasteiger partial charge in [-0.25, -0.2) is 4.99 Å². The van der Waals surface area contributed by atoms with Gasteiger partial charge in [-0.15, -0.1) is 0 Å². The summed E-state index contributed by atoms with van der Waals surface area (Å²) in [5, 5.41) is 5.96. The Labute approximate surface area is 126 Å². The Kier molecular flexibility index (Phi) is 4.94. The van der Waals surface area contributed by atoms with E-state index in [9.17, 15) is 9.59 Å². The lowest BCUT2D eigenvalue weighted by molar-refractivity contribution is -0.141. The molecule has 0 aliphatic carbocycles. The Morgan fingerprint density at radius 3 is 2.71 bits per heavy atom. The Morgan fingerprint density at radius 2 is 2.05 bits per heavy atom. The molecule has 0 atom stereocenters. The summed E-state index contributed by atoms with van der Waals surface area (Å²) < 4.78 is 4.75. The molecule has 1 aromatic carbocycles. The summed E-state index contributed by atoms with van der Waals surface area (Å²) in [5.74, 6) is -0.531. The van der Waals surface area contributed by atoms with Gasteiger partial charge >= 0.3 is 5.97 Å². The van der Waals surface area contributed by atoms with Crippen molar-refractivity contribution in [2.24, 2.45) is 4.99 Å². The lowest BCUT2D eigenvalue weighted by Gasteiger charge is -1.99. The molecule has 7 heteroatoms. The number of hydrogen-bond acceptors (Lipinski definition) is 4. The second-order valence-electron chi connectivity index (χ2n) is 4.16. The fourth-order valence-corrected chi connectivity index (χ4v) is 1.77. The number of carbonyl (C=O) groups is 2. The molecule has 0 spiro atoms. The zero-order valence-electron chi connectivity index (χ0n) is 11.4. The van der Waals surface area contributed by atoms with Crippen molar-refractivity contribution >= 4 is 35.5 Å². The molecule has 21 heavy (non-hydrogen) atoms. The highest BCUT2D eigenvalue weighted by Gasteiger charge is 2.21. The largest absolute Gasteiger partial charge is 0.465 e. The zero-order valence-corrected chi connectivity index (χ0v) is 12.1. The maximum absolute atomic E-state index is 11.8. The van der Waals surface area contributed by atoms with Crippen molar-refractivity contribution in [3.8, 4) is 0 Å². The number of amides is 1. The summed E-state index contributed by atoms with van der Waals surface area (Å²) in [6, 6.07) is 7.04. The molecule has 1 aliphatic rings. The van der Waals surface area contributed by atoms with Crippen LogP contribution in [0.1, 0.15) is 12.5 Å². The van der Waals surface area contributed by atoms with E-state index >= 15 is 0 Å². The summed E-state index contributed by atoms with van der Waals surface area (Å²) >= 11 is 5.80. The van der Waals surface area contributed by atoms with Crippen LogP contribution in [0.3, 0.4) is 0 Å². The maximum atomic E-state index is 11.8. The number of hydrogen-bond donors (Lipinski definition) is 2. The van der Waals surface area contributed by atoms with E-state index < -0.39 is 5.97 Å². The van der Waals surface area contributed by atoms with E-state index in [0.717, 1.165) is 5.56 Å². The first kappa shape index (κ1) is 15.1. The monoisotopic (exact) mass is 307 g/mol. The third-order valence-corrected chi connectivity index (χ3v) is 2.83. The fraction of sp³-hybridized carbons (Fsp3) is 0.214.